The predicted molar refractivity (Wildman–Crippen MR) is 75.0 cm³/mol. The third-order valence-corrected chi connectivity index (χ3v) is 3.02. The minimum Gasteiger partial charge on any atom is -0.367 e. The van der Waals surface area contributed by atoms with E-state index in [4.69, 9.17) is 5.26 Å². The van der Waals surface area contributed by atoms with E-state index in [0.717, 1.165) is 6.07 Å². The summed E-state index contributed by atoms with van der Waals surface area (Å²) in [4.78, 5) is 7.68. The highest BCUT2D eigenvalue weighted by Crippen LogP contribution is 2.32. The van der Waals surface area contributed by atoms with Crippen molar-refractivity contribution < 1.29 is 13.2 Å². The molecule has 0 bridgehead atoms. The number of rotatable bonds is 4. The van der Waals surface area contributed by atoms with Gasteiger partial charge in [0.25, 0.3) is 0 Å². The molecule has 0 saturated carbocycles. The van der Waals surface area contributed by atoms with Crippen molar-refractivity contribution in [3.05, 3.63) is 53.5 Å². The first-order chi connectivity index (χ1) is 10.4. The molecule has 114 valence electrons. The fraction of sp³-hybridized carbons (Fsp3) is 0.267. The first-order valence-corrected chi connectivity index (χ1v) is 6.54. The zero-order valence-electron chi connectivity index (χ0n) is 11.7. The van der Waals surface area contributed by atoms with E-state index < -0.39 is 11.7 Å². The predicted octanol–water partition coefficient (Wildman–Crippen LogP) is 3.41. The third-order valence-electron chi connectivity index (χ3n) is 3.02. The van der Waals surface area contributed by atoms with E-state index >= 15 is 0 Å². The Hall–Kier alpha value is -2.62. The zero-order chi connectivity index (χ0) is 16.2. The molecule has 1 aromatic heterocycles. The Morgan fingerprint density at radius 3 is 2.68 bits per heavy atom. The fourth-order valence-corrected chi connectivity index (χ4v) is 2.11. The fourth-order valence-electron chi connectivity index (χ4n) is 2.11. The molecule has 1 N–H and O–H groups in total. The van der Waals surface area contributed by atoms with E-state index in [9.17, 15) is 13.2 Å². The lowest BCUT2D eigenvalue weighted by Crippen LogP contribution is -2.21. The van der Waals surface area contributed by atoms with Gasteiger partial charge in [-0.3, -0.25) is 0 Å². The van der Waals surface area contributed by atoms with E-state index in [1.165, 1.54) is 24.5 Å². The summed E-state index contributed by atoms with van der Waals surface area (Å²) in [6.45, 7) is 1.75. The maximum absolute atomic E-state index is 12.9. The monoisotopic (exact) mass is 306 g/mol. The van der Waals surface area contributed by atoms with E-state index in [1.54, 1.807) is 13.0 Å². The van der Waals surface area contributed by atoms with Crippen molar-refractivity contribution in [3.63, 3.8) is 0 Å². The SMILES string of the molecule is CC(Cc1ccccc1C(F)(F)F)Nc1cc(C#N)ncn1. The second-order valence-corrected chi connectivity index (χ2v) is 4.80. The molecule has 0 spiro atoms. The molecule has 1 atom stereocenters. The van der Waals surface area contributed by atoms with Crippen LogP contribution in [0.5, 0.6) is 0 Å². The van der Waals surface area contributed by atoms with Crippen molar-refractivity contribution in [2.45, 2.75) is 25.6 Å². The third kappa shape index (κ3) is 3.95. The maximum atomic E-state index is 12.9. The Bertz CT molecular complexity index is 692. The van der Waals surface area contributed by atoms with Crippen LogP contribution in [0.25, 0.3) is 0 Å². The van der Waals surface area contributed by atoms with E-state index in [-0.39, 0.29) is 23.7 Å². The van der Waals surface area contributed by atoms with Gasteiger partial charge in [-0.2, -0.15) is 18.4 Å². The average molecular weight is 306 g/mol. The summed E-state index contributed by atoms with van der Waals surface area (Å²) in [5, 5.41) is 11.7. The van der Waals surface area contributed by atoms with Crippen LogP contribution >= 0.6 is 0 Å². The molecule has 0 saturated heterocycles. The second-order valence-electron chi connectivity index (χ2n) is 4.80. The molecule has 0 fully saturated rings. The second kappa shape index (κ2) is 6.43. The molecule has 22 heavy (non-hydrogen) atoms. The van der Waals surface area contributed by atoms with Gasteiger partial charge in [0.1, 0.15) is 23.9 Å². The number of nitrogens with one attached hydrogen (secondary N) is 1. The van der Waals surface area contributed by atoms with Gasteiger partial charge in [0, 0.05) is 12.1 Å². The van der Waals surface area contributed by atoms with Gasteiger partial charge in [0.05, 0.1) is 5.56 Å². The van der Waals surface area contributed by atoms with Crippen LogP contribution in [-0.4, -0.2) is 16.0 Å². The van der Waals surface area contributed by atoms with Gasteiger partial charge in [-0.15, -0.1) is 0 Å². The summed E-state index contributed by atoms with van der Waals surface area (Å²) in [7, 11) is 0. The minimum atomic E-state index is -4.38. The van der Waals surface area contributed by atoms with Crippen LogP contribution in [-0.2, 0) is 12.6 Å². The van der Waals surface area contributed by atoms with E-state index in [0.29, 0.717) is 5.82 Å². The number of hydrogen-bond donors (Lipinski definition) is 1. The summed E-state index contributed by atoms with van der Waals surface area (Å²) < 4.78 is 38.8. The number of halogens is 3. The summed E-state index contributed by atoms with van der Waals surface area (Å²) in [6, 6.07) is 8.52. The molecule has 1 unspecified atom stereocenters. The number of aromatic nitrogens is 2. The topological polar surface area (TPSA) is 61.6 Å². The Kier molecular flexibility index (Phi) is 4.61. The van der Waals surface area contributed by atoms with Crippen LogP contribution in [0.1, 0.15) is 23.7 Å². The van der Waals surface area contributed by atoms with Gasteiger partial charge >= 0.3 is 6.18 Å². The maximum Gasteiger partial charge on any atom is 0.416 e. The molecule has 2 rings (SSSR count). The van der Waals surface area contributed by atoms with Gasteiger partial charge in [-0.05, 0) is 25.0 Å². The molecule has 0 aliphatic rings. The van der Waals surface area contributed by atoms with Gasteiger partial charge in [-0.1, -0.05) is 18.2 Å². The lowest BCUT2D eigenvalue weighted by atomic mass is 10.0. The molecule has 4 nitrogen and oxygen atoms in total. The molecule has 2 aromatic rings. The van der Waals surface area contributed by atoms with Gasteiger partial charge in [-0.25, -0.2) is 9.97 Å². The number of nitriles is 1. The van der Waals surface area contributed by atoms with Crippen LogP contribution < -0.4 is 5.32 Å². The molecule has 0 aliphatic heterocycles. The normalized spacial score (nSPS) is 12.5. The molecular weight excluding hydrogens is 293 g/mol. The first-order valence-electron chi connectivity index (χ1n) is 6.54. The van der Waals surface area contributed by atoms with Crippen LogP contribution in [0.15, 0.2) is 36.7 Å². The minimum absolute atomic E-state index is 0.182. The number of alkyl halides is 3. The molecule has 1 heterocycles. The van der Waals surface area contributed by atoms with Gasteiger partial charge in [0.15, 0.2) is 0 Å². The average Bonchev–Trinajstić information content (AvgIpc) is 2.46. The van der Waals surface area contributed by atoms with Crippen molar-refractivity contribution >= 4 is 5.82 Å². The van der Waals surface area contributed by atoms with E-state index in [1.807, 2.05) is 6.07 Å². The smallest absolute Gasteiger partial charge is 0.367 e. The zero-order valence-corrected chi connectivity index (χ0v) is 11.7. The summed E-state index contributed by atoms with van der Waals surface area (Å²) in [5.74, 6) is 0.406. The summed E-state index contributed by atoms with van der Waals surface area (Å²) >= 11 is 0. The van der Waals surface area contributed by atoms with Crippen LogP contribution in [0.3, 0.4) is 0 Å². The molecule has 0 aliphatic carbocycles. The Morgan fingerprint density at radius 1 is 1.27 bits per heavy atom. The summed E-state index contributed by atoms with van der Waals surface area (Å²) in [6.07, 6.45) is -2.96. The van der Waals surface area contributed by atoms with Crippen molar-refractivity contribution in [2.75, 3.05) is 5.32 Å². The quantitative estimate of drug-likeness (QED) is 0.940. The molecule has 1 aromatic carbocycles. The van der Waals surface area contributed by atoms with E-state index in [2.05, 4.69) is 15.3 Å². The van der Waals surface area contributed by atoms with Gasteiger partial charge in [0.2, 0.25) is 0 Å². The van der Waals surface area contributed by atoms with Crippen LogP contribution in [0.2, 0.25) is 0 Å². The lowest BCUT2D eigenvalue weighted by Gasteiger charge is -2.18. The highest BCUT2D eigenvalue weighted by Gasteiger charge is 2.33. The van der Waals surface area contributed by atoms with Crippen molar-refractivity contribution in [1.29, 1.82) is 5.26 Å². The largest absolute Gasteiger partial charge is 0.416 e. The van der Waals surface area contributed by atoms with Gasteiger partial charge < -0.3 is 5.32 Å². The highest BCUT2D eigenvalue weighted by molar-refractivity contribution is 5.40. The van der Waals surface area contributed by atoms with Crippen LogP contribution in [0.4, 0.5) is 19.0 Å². The molecule has 0 radical (unpaired) electrons. The summed E-state index contributed by atoms with van der Waals surface area (Å²) in [5.41, 5.74) is -0.228. The first kappa shape index (κ1) is 15.8. The molecule has 0 amide bonds. The number of nitrogens with zero attached hydrogens (tertiary/aromatic N) is 3. The van der Waals surface area contributed by atoms with Crippen molar-refractivity contribution in [2.24, 2.45) is 0 Å². The Labute approximate surface area is 125 Å². The van der Waals surface area contributed by atoms with Crippen molar-refractivity contribution in [1.82, 2.24) is 9.97 Å². The highest BCUT2D eigenvalue weighted by atomic mass is 19.4. The lowest BCUT2D eigenvalue weighted by molar-refractivity contribution is -0.138. The molecule has 7 heteroatoms. The molecular formula is C15H13F3N4. The number of benzene rings is 1. The Morgan fingerprint density at radius 2 is 2.00 bits per heavy atom. The number of hydrogen-bond acceptors (Lipinski definition) is 4. The number of anilines is 1. The standard InChI is InChI=1S/C15H13F3N4/c1-10(22-14-7-12(8-19)20-9-21-14)6-11-4-2-3-5-13(11)15(16,17)18/h2-5,7,9-10H,6H2,1H3,(H,20,21,22). The van der Waals surface area contributed by atoms with Crippen LogP contribution in [0, 0.1) is 11.3 Å². The Balaban J connectivity index is 2.13. The van der Waals surface area contributed by atoms with Crippen molar-refractivity contribution in [3.8, 4) is 6.07 Å².